The maximum absolute atomic E-state index is 8.47. The summed E-state index contributed by atoms with van der Waals surface area (Å²) in [6, 6.07) is 5.37. The Labute approximate surface area is 94.0 Å². The summed E-state index contributed by atoms with van der Waals surface area (Å²) >= 11 is 5.85. The largest absolute Gasteiger partial charge is 0.398 e. The van der Waals surface area contributed by atoms with Gasteiger partial charge in [0.1, 0.15) is 0 Å². The quantitative estimate of drug-likeness (QED) is 0.510. The first-order valence-electron chi connectivity index (χ1n) is 4.71. The topological polar surface area (TPSA) is 67.5 Å². The Balaban J connectivity index is 2.28. The fourth-order valence-electron chi connectivity index (χ4n) is 1.07. The number of rotatable bonds is 6. The maximum Gasteiger partial charge on any atom is 0.0698 e. The van der Waals surface area contributed by atoms with Crippen molar-refractivity contribution in [3.8, 4) is 0 Å². The van der Waals surface area contributed by atoms with Gasteiger partial charge in [-0.1, -0.05) is 11.6 Å². The molecule has 0 bridgehead atoms. The van der Waals surface area contributed by atoms with E-state index in [1.54, 1.807) is 12.1 Å². The second-order valence-corrected chi connectivity index (χ2v) is 3.41. The van der Waals surface area contributed by atoms with E-state index in [9.17, 15) is 0 Å². The van der Waals surface area contributed by atoms with Gasteiger partial charge < -0.3 is 20.9 Å². The highest BCUT2D eigenvalue weighted by Gasteiger charge is 1.97. The molecule has 4 N–H and O–H groups in total. The van der Waals surface area contributed by atoms with E-state index < -0.39 is 0 Å². The Morgan fingerprint density at radius 3 is 2.87 bits per heavy atom. The lowest BCUT2D eigenvalue weighted by molar-refractivity contribution is 0.0992. The molecule has 0 fully saturated rings. The van der Waals surface area contributed by atoms with Crippen molar-refractivity contribution in [3.05, 3.63) is 23.2 Å². The Bertz CT molecular complexity index is 307. The number of hydrogen-bond donors (Lipinski definition) is 3. The number of aliphatic hydroxyl groups is 1. The van der Waals surface area contributed by atoms with E-state index in [1.807, 2.05) is 6.07 Å². The molecule has 0 heterocycles. The molecule has 1 rings (SSSR count). The van der Waals surface area contributed by atoms with Crippen molar-refractivity contribution in [1.82, 2.24) is 0 Å². The summed E-state index contributed by atoms with van der Waals surface area (Å²) in [5.41, 5.74) is 7.04. The Kier molecular flexibility index (Phi) is 5.25. The standard InChI is InChI=1S/C10H15ClN2O2/c11-9-7-8(1-2-10(9)12)13-3-5-15-6-4-14/h1-2,7,13-14H,3-6,12H2. The third-order valence-corrected chi connectivity index (χ3v) is 2.14. The highest BCUT2D eigenvalue weighted by Crippen LogP contribution is 2.22. The van der Waals surface area contributed by atoms with Gasteiger partial charge in [0, 0.05) is 12.2 Å². The van der Waals surface area contributed by atoms with E-state index in [4.69, 9.17) is 27.2 Å². The summed E-state index contributed by atoms with van der Waals surface area (Å²) in [4.78, 5) is 0. The molecule has 5 heteroatoms. The minimum Gasteiger partial charge on any atom is -0.398 e. The molecule has 0 aromatic heterocycles. The fraction of sp³-hybridized carbons (Fsp3) is 0.400. The second kappa shape index (κ2) is 6.50. The Morgan fingerprint density at radius 1 is 1.40 bits per heavy atom. The summed E-state index contributed by atoms with van der Waals surface area (Å²) in [7, 11) is 0. The van der Waals surface area contributed by atoms with Crippen LogP contribution in [0.4, 0.5) is 11.4 Å². The molecule has 15 heavy (non-hydrogen) atoms. The van der Waals surface area contributed by atoms with Gasteiger partial charge in [-0.2, -0.15) is 0 Å². The summed E-state index contributed by atoms with van der Waals surface area (Å²) in [5.74, 6) is 0. The van der Waals surface area contributed by atoms with Crippen LogP contribution < -0.4 is 11.1 Å². The lowest BCUT2D eigenvalue weighted by Crippen LogP contribution is -2.11. The van der Waals surface area contributed by atoms with Gasteiger partial charge in [0.25, 0.3) is 0 Å². The van der Waals surface area contributed by atoms with Crippen LogP contribution in [-0.2, 0) is 4.74 Å². The Morgan fingerprint density at radius 2 is 2.20 bits per heavy atom. The molecule has 0 amide bonds. The zero-order chi connectivity index (χ0) is 11.1. The van der Waals surface area contributed by atoms with Crippen LogP contribution in [0.1, 0.15) is 0 Å². The van der Waals surface area contributed by atoms with Crippen LogP contribution in [0.2, 0.25) is 5.02 Å². The normalized spacial score (nSPS) is 10.3. The third kappa shape index (κ3) is 4.38. The van der Waals surface area contributed by atoms with Crippen molar-refractivity contribution in [2.45, 2.75) is 0 Å². The lowest BCUT2D eigenvalue weighted by Gasteiger charge is -2.07. The summed E-state index contributed by atoms with van der Waals surface area (Å²) in [5, 5.41) is 12.1. The van der Waals surface area contributed by atoms with Crippen molar-refractivity contribution in [2.24, 2.45) is 0 Å². The third-order valence-electron chi connectivity index (χ3n) is 1.81. The van der Waals surface area contributed by atoms with Crippen molar-refractivity contribution in [1.29, 1.82) is 0 Å². The lowest BCUT2D eigenvalue weighted by atomic mass is 10.3. The van der Waals surface area contributed by atoms with Crippen LogP contribution in [0, 0.1) is 0 Å². The van der Waals surface area contributed by atoms with Gasteiger partial charge in [0.05, 0.1) is 30.5 Å². The summed E-state index contributed by atoms with van der Waals surface area (Å²) in [6.45, 7) is 1.63. The van der Waals surface area contributed by atoms with Crippen LogP contribution in [0.15, 0.2) is 18.2 Å². The zero-order valence-corrected chi connectivity index (χ0v) is 9.13. The van der Waals surface area contributed by atoms with Crippen LogP contribution >= 0.6 is 11.6 Å². The van der Waals surface area contributed by atoms with Crippen molar-refractivity contribution in [3.63, 3.8) is 0 Å². The first-order chi connectivity index (χ1) is 7.24. The molecule has 1 aromatic carbocycles. The summed E-state index contributed by atoms with van der Waals surface area (Å²) in [6.07, 6.45) is 0. The van der Waals surface area contributed by atoms with Crippen molar-refractivity contribution in [2.75, 3.05) is 37.4 Å². The number of halogens is 1. The number of nitrogen functional groups attached to an aromatic ring is 1. The van der Waals surface area contributed by atoms with Crippen molar-refractivity contribution >= 4 is 23.0 Å². The average Bonchev–Trinajstić information content (AvgIpc) is 2.23. The predicted molar refractivity (Wildman–Crippen MR) is 62.3 cm³/mol. The molecule has 0 aliphatic rings. The van der Waals surface area contributed by atoms with Gasteiger partial charge in [-0.15, -0.1) is 0 Å². The number of hydrogen-bond acceptors (Lipinski definition) is 4. The fourth-order valence-corrected chi connectivity index (χ4v) is 1.25. The van der Waals surface area contributed by atoms with Gasteiger partial charge in [-0.3, -0.25) is 0 Å². The van der Waals surface area contributed by atoms with E-state index in [2.05, 4.69) is 5.32 Å². The number of ether oxygens (including phenoxy) is 1. The molecule has 0 atom stereocenters. The molecular weight excluding hydrogens is 216 g/mol. The smallest absolute Gasteiger partial charge is 0.0698 e. The molecule has 0 saturated heterocycles. The van der Waals surface area contributed by atoms with E-state index in [0.717, 1.165) is 5.69 Å². The highest BCUT2D eigenvalue weighted by atomic mass is 35.5. The molecule has 4 nitrogen and oxygen atoms in total. The van der Waals surface area contributed by atoms with Gasteiger partial charge in [0.2, 0.25) is 0 Å². The molecule has 0 radical (unpaired) electrons. The molecule has 0 unspecified atom stereocenters. The number of anilines is 2. The monoisotopic (exact) mass is 230 g/mol. The molecule has 0 saturated carbocycles. The van der Waals surface area contributed by atoms with Crippen molar-refractivity contribution < 1.29 is 9.84 Å². The average molecular weight is 231 g/mol. The molecular formula is C10H15ClN2O2. The minimum absolute atomic E-state index is 0.0493. The maximum atomic E-state index is 8.47. The highest BCUT2D eigenvalue weighted by molar-refractivity contribution is 6.33. The number of nitrogens with two attached hydrogens (primary N) is 1. The Hall–Kier alpha value is -0.970. The number of nitrogens with one attached hydrogen (secondary N) is 1. The zero-order valence-electron chi connectivity index (χ0n) is 8.37. The van der Waals surface area contributed by atoms with E-state index >= 15 is 0 Å². The minimum atomic E-state index is 0.0493. The van der Waals surface area contributed by atoms with Gasteiger partial charge in [-0.25, -0.2) is 0 Å². The van der Waals surface area contributed by atoms with Crippen LogP contribution in [0.3, 0.4) is 0 Å². The molecule has 0 aliphatic heterocycles. The molecule has 0 spiro atoms. The van der Waals surface area contributed by atoms with Gasteiger partial charge in [0.15, 0.2) is 0 Å². The first kappa shape index (κ1) is 12.1. The molecule has 84 valence electrons. The SMILES string of the molecule is Nc1ccc(NCCOCCO)cc1Cl. The van der Waals surface area contributed by atoms with Gasteiger partial charge >= 0.3 is 0 Å². The second-order valence-electron chi connectivity index (χ2n) is 3.00. The van der Waals surface area contributed by atoms with E-state index in [1.165, 1.54) is 0 Å². The number of benzene rings is 1. The number of aliphatic hydroxyl groups excluding tert-OH is 1. The summed E-state index contributed by atoms with van der Waals surface area (Å²) < 4.78 is 5.09. The molecule has 1 aromatic rings. The van der Waals surface area contributed by atoms with Gasteiger partial charge in [-0.05, 0) is 18.2 Å². The van der Waals surface area contributed by atoms with Crippen LogP contribution in [0.25, 0.3) is 0 Å². The van der Waals surface area contributed by atoms with E-state index in [-0.39, 0.29) is 6.61 Å². The molecule has 0 aliphatic carbocycles. The van der Waals surface area contributed by atoms with E-state index in [0.29, 0.717) is 30.5 Å². The van der Waals surface area contributed by atoms with Crippen LogP contribution in [-0.4, -0.2) is 31.5 Å². The van der Waals surface area contributed by atoms with Crippen LogP contribution in [0.5, 0.6) is 0 Å². The first-order valence-corrected chi connectivity index (χ1v) is 5.09. The predicted octanol–water partition coefficient (Wildman–Crippen LogP) is 1.34.